The molecule has 6 heteroatoms. The first kappa shape index (κ1) is 18.1. The number of nitrogens with zero attached hydrogens (tertiary/aromatic N) is 3. The normalized spacial score (nSPS) is 21.3. The maximum absolute atomic E-state index is 13.3. The molecule has 148 valence electrons. The summed E-state index contributed by atoms with van der Waals surface area (Å²) in [5, 5.41) is 0. The van der Waals surface area contributed by atoms with Crippen molar-refractivity contribution in [2.24, 2.45) is 0 Å². The van der Waals surface area contributed by atoms with E-state index in [0.717, 1.165) is 24.2 Å². The number of amides is 1. The zero-order chi connectivity index (χ0) is 20.0. The van der Waals surface area contributed by atoms with E-state index in [4.69, 9.17) is 0 Å². The summed E-state index contributed by atoms with van der Waals surface area (Å²) in [5.74, 6) is -0.516. The zero-order valence-corrected chi connectivity index (χ0v) is 15.8. The molecular formula is C23H21F2N3O. The number of aromatic nitrogens is 1. The van der Waals surface area contributed by atoms with Gasteiger partial charge in [-0.15, -0.1) is 0 Å². The summed E-state index contributed by atoms with van der Waals surface area (Å²) in [6, 6.07) is 16.9. The molecular weight excluding hydrogens is 372 g/mol. The molecule has 3 heterocycles. The van der Waals surface area contributed by atoms with E-state index in [-0.39, 0.29) is 29.6 Å². The number of halogens is 2. The second-order valence-electron chi connectivity index (χ2n) is 7.82. The van der Waals surface area contributed by atoms with Gasteiger partial charge in [-0.3, -0.25) is 9.69 Å². The number of carbonyl (C=O) groups excluding carboxylic acids is 1. The van der Waals surface area contributed by atoms with E-state index in [1.54, 1.807) is 24.3 Å². The van der Waals surface area contributed by atoms with Crippen molar-refractivity contribution in [2.45, 2.75) is 25.2 Å². The Labute approximate surface area is 168 Å². The molecule has 29 heavy (non-hydrogen) atoms. The Hall–Kier alpha value is -2.99. The molecule has 2 atom stereocenters. The number of carbonyl (C=O) groups is 1. The third-order valence-corrected chi connectivity index (χ3v) is 5.94. The maximum Gasteiger partial charge on any atom is 0.271 e. The lowest BCUT2D eigenvalue weighted by Crippen LogP contribution is -2.49. The van der Waals surface area contributed by atoms with E-state index in [9.17, 15) is 13.6 Å². The number of fused-ring (bicyclic) bond motifs is 3. The molecule has 0 N–H and O–H groups in total. The van der Waals surface area contributed by atoms with Crippen LogP contribution >= 0.6 is 0 Å². The first-order valence-corrected chi connectivity index (χ1v) is 9.77. The number of rotatable bonds is 4. The van der Waals surface area contributed by atoms with Crippen molar-refractivity contribution in [3.8, 4) is 0 Å². The highest BCUT2D eigenvalue weighted by Gasteiger charge is 2.44. The lowest BCUT2D eigenvalue weighted by molar-refractivity contribution is 0.0556. The van der Waals surface area contributed by atoms with E-state index in [1.165, 1.54) is 24.3 Å². The molecule has 1 amide bonds. The molecule has 4 nitrogen and oxygen atoms in total. The third kappa shape index (κ3) is 3.34. The van der Waals surface area contributed by atoms with Gasteiger partial charge in [0.05, 0.1) is 12.1 Å². The summed E-state index contributed by atoms with van der Waals surface area (Å²) in [4.78, 5) is 17.4. The summed E-state index contributed by atoms with van der Waals surface area (Å²) >= 11 is 0. The topological polar surface area (TPSA) is 28.5 Å². The predicted molar refractivity (Wildman–Crippen MR) is 105 cm³/mol. The Bertz CT molecular complexity index is 1030. The molecule has 0 radical (unpaired) electrons. The number of benzene rings is 2. The summed E-state index contributed by atoms with van der Waals surface area (Å²) in [6.07, 6.45) is 1.97. The first-order chi connectivity index (χ1) is 14.1. The van der Waals surface area contributed by atoms with Crippen LogP contribution in [0.25, 0.3) is 0 Å². The molecule has 0 aliphatic carbocycles. The van der Waals surface area contributed by atoms with Crippen molar-refractivity contribution >= 4 is 5.91 Å². The standard InChI is InChI=1S/C23H21F2N3O/c24-18-7-3-16(4-8-18)12-26-14-21-22(15-26)28(13-17-5-9-19(25)10-6-17)23(29)20-2-1-11-27(20)21/h1-11,21-22H,12-15H2/t21-,22-/m0/s1. The van der Waals surface area contributed by atoms with Crippen LogP contribution in [-0.2, 0) is 13.1 Å². The van der Waals surface area contributed by atoms with Crippen LogP contribution in [0.5, 0.6) is 0 Å². The van der Waals surface area contributed by atoms with Crippen molar-refractivity contribution in [3.05, 3.63) is 95.3 Å². The minimum atomic E-state index is -0.281. The Kier molecular flexibility index (Phi) is 4.43. The van der Waals surface area contributed by atoms with Crippen molar-refractivity contribution in [1.82, 2.24) is 14.4 Å². The predicted octanol–water partition coefficient (Wildman–Crippen LogP) is 3.85. The lowest BCUT2D eigenvalue weighted by atomic mass is 10.0. The average Bonchev–Trinajstić information content (AvgIpc) is 3.35. The van der Waals surface area contributed by atoms with Gasteiger partial charge in [0.15, 0.2) is 0 Å². The van der Waals surface area contributed by atoms with Gasteiger partial charge in [-0.05, 0) is 47.5 Å². The summed E-state index contributed by atoms with van der Waals surface area (Å²) in [5.41, 5.74) is 2.65. The summed E-state index contributed by atoms with van der Waals surface area (Å²) in [6.45, 7) is 2.72. The molecule has 0 saturated carbocycles. The Morgan fingerprint density at radius 3 is 2.03 bits per heavy atom. The second kappa shape index (κ2) is 7.12. The van der Waals surface area contributed by atoms with Crippen molar-refractivity contribution < 1.29 is 13.6 Å². The molecule has 2 aliphatic heterocycles. The molecule has 0 unspecified atom stereocenters. The van der Waals surface area contributed by atoms with E-state index in [2.05, 4.69) is 9.47 Å². The molecule has 2 aromatic carbocycles. The molecule has 2 aliphatic rings. The Balaban J connectivity index is 1.41. The highest BCUT2D eigenvalue weighted by atomic mass is 19.1. The quantitative estimate of drug-likeness (QED) is 0.674. The molecule has 3 aromatic rings. The highest BCUT2D eigenvalue weighted by molar-refractivity contribution is 5.94. The van der Waals surface area contributed by atoms with Gasteiger partial charge in [-0.1, -0.05) is 24.3 Å². The second-order valence-corrected chi connectivity index (χ2v) is 7.82. The molecule has 0 bridgehead atoms. The Morgan fingerprint density at radius 2 is 1.38 bits per heavy atom. The number of likely N-dealkylation sites (tertiary alicyclic amines) is 1. The highest BCUT2D eigenvalue weighted by Crippen LogP contribution is 2.35. The average molecular weight is 393 g/mol. The fraction of sp³-hybridized carbons (Fsp3) is 0.261. The van der Waals surface area contributed by atoms with E-state index < -0.39 is 0 Å². The molecule has 5 rings (SSSR count). The lowest BCUT2D eigenvalue weighted by Gasteiger charge is -2.38. The van der Waals surface area contributed by atoms with Crippen LogP contribution in [0.15, 0.2) is 66.9 Å². The minimum Gasteiger partial charge on any atom is -0.337 e. The summed E-state index contributed by atoms with van der Waals surface area (Å²) < 4.78 is 28.6. The smallest absolute Gasteiger partial charge is 0.271 e. The molecule has 0 spiro atoms. The summed E-state index contributed by atoms with van der Waals surface area (Å²) in [7, 11) is 0. The van der Waals surface area contributed by atoms with Crippen LogP contribution in [0.3, 0.4) is 0 Å². The van der Waals surface area contributed by atoms with Gasteiger partial charge >= 0.3 is 0 Å². The van der Waals surface area contributed by atoms with Gasteiger partial charge in [0.25, 0.3) is 5.91 Å². The van der Waals surface area contributed by atoms with E-state index in [0.29, 0.717) is 18.8 Å². The van der Waals surface area contributed by atoms with Crippen molar-refractivity contribution in [2.75, 3.05) is 13.1 Å². The SMILES string of the molecule is O=C1c2cccn2[C@H]2CN(Cc3ccc(F)cc3)C[C@@H]2N1Cc1ccc(F)cc1. The maximum atomic E-state index is 13.3. The minimum absolute atomic E-state index is 0.00390. The van der Waals surface area contributed by atoms with Crippen LogP contribution in [0.2, 0.25) is 0 Å². The van der Waals surface area contributed by atoms with Gasteiger partial charge in [-0.25, -0.2) is 8.78 Å². The van der Waals surface area contributed by atoms with Gasteiger partial charge in [0.2, 0.25) is 0 Å². The monoisotopic (exact) mass is 393 g/mol. The van der Waals surface area contributed by atoms with Gasteiger partial charge in [-0.2, -0.15) is 0 Å². The molecule has 1 fully saturated rings. The first-order valence-electron chi connectivity index (χ1n) is 9.77. The van der Waals surface area contributed by atoms with Crippen molar-refractivity contribution in [1.29, 1.82) is 0 Å². The molecule has 1 saturated heterocycles. The Morgan fingerprint density at radius 1 is 0.793 bits per heavy atom. The van der Waals surface area contributed by atoms with Crippen LogP contribution in [0.1, 0.15) is 27.7 Å². The van der Waals surface area contributed by atoms with Gasteiger partial charge in [0, 0.05) is 32.4 Å². The fourth-order valence-corrected chi connectivity index (χ4v) is 4.54. The van der Waals surface area contributed by atoms with Gasteiger partial charge in [0.1, 0.15) is 17.3 Å². The van der Waals surface area contributed by atoms with Crippen LogP contribution in [-0.4, -0.2) is 39.4 Å². The number of hydrogen-bond acceptors (Lipinski definition) is 2. The van der Waals surface area contributed by atoms with E-state index in [1.807, 2.05) is 23.2 Å². The van der Waals surface area contributed by atoms with Crippen LogP contribution in [0, 0.1) is 11.6 Å². The molecule has 1 aromatic heterocycles. The van der Waals surface area contributed by atoms with Gasteiger partial charge < -0.3 is 9.47 Å². The van der Waals surface area contributed by atoms with Crippen LogP contribution < -0.4 is 0 Å². The van der Waals surface area contributed by atoms with Crippen LogP contribution in [0.4, 0.5) is 8.78 Å². The fourth-order valence-electron chi connectivity index (χ4n) is 4.54. The largest absolute Gasteiger partial charge is 0.337 e. The zero-order valence-electron chi connectivity index (χ0n) is 15.8. The van der Waals surface area contributed by atoms with Crippen molar-refractivity contribution in [3.63, 3.8) is 0 Å². The van der Waals surface area contributed by atoms with E-state index >= 15 is 0 Å². The third-order valence-electron chi connectivity index (χ3n) is 5.94. The number of hydrogen-bond donors (Lipinski definition) is 0.